The van der Waals surface area contributed by atoms with Gasteiger partial charge in [-0.3, -0.25) is 0 Å². The number of fused-ring (bicyclic) bond motifs is 5. The molecular weight excluding hydrogens is 728 g/mol. The second-order valence-electron chi connectivity index (χ2n) is 21.2. The number of hydrogen-bond donors (Lipinski definition) is 9. The van der Waals surface area contributed by atoms with Crippen LogP contribution in [0.1, 0.15) is 114 Å². The van der Waals surface area contributed by atoms with Gasteiger partial charge in [-0.25, -0.2) is 0 Å². The van der Waals surface area contributed by atoms with Crippen LogP contribution in [0, 0.1) is 45.3 Å². The Balaban J connectivity index is 1.19. The zero-order valence-electron chi connectivity index (χ0n) is 34.8. The molecular formula is C42H72O14. The lowest BCUT2D eigenvalue weighted by atomic mass is 9.34. The van der Waals surface area contributed by atoms with Crippen molar-refractivity contribution in [2.75, 3.05) is 6.61 Å². The summed E-state index contributed by atoms with van der Waals surface area (Å²) < 4.78 is 31.4. The Morgan fingerprint density at radius 2 is 1.38 bits per heavy atom. The molecule has 324 valence electrons. The van der Waals surface area contributed by atoms with E-state index in [2.05, 4.69) is 41.5 Å². The average Bonchev–Trinajstić information content (AvgIpc) is 3.71. The van der Waals surface area contributed by atoms with Gasteiger partial charge in [0.2, 0.25) is 0 Å². The van der Waals surface area contributed by atoms with E-state index < -0.39 is 108 Å². The van der Waals surface area contributed by atoms with E-state index >= 15 is 0 Å². The highest BCUT2D eigenvalue weighted by Gasteiger charge is 2.74. The summed E-state index contributed by atoms with van der Waals surface area (Å²) in [4.78, 5) is 0. The summed E-state index contributed by atoms with van der Waals surface area (Å²) in [6.07, 6.45) is -10.7. The van der Waals surface area contributed by atoms with Crippen LogP contribution < -0.4 is 0 Å². The summed E-state index contributed by atoms with van der Waals surface area (Å²) in [7, 11) is 0. The topological polar surface area (TPSA) is 228 Å². The van der Waals surface area contributed by atoms with Crippen molar-refractivity contribution in [2.24, 2.45) is 45.3 Å². The SMILES string of the molecule is C[C@@H]1O[C@@H](O[C@H]2[C@H](O)[C@@H](O)[C@H](O[C@H]3C[C@]4(C)[C@H](C[C@@H](O)[C@@H]5[C@@H]([C@]6(C)CC[C@H](C(C)(C)O)O6)CC[C@]54C)[C@@]4(C)CC[C@H](O)C(C)(C)[C@H]34)O[C@@H]2CO)[C@H](O)[C@H](O)[C@H]1O. The summed E-state index contributed by atoms with van der Waals surface area (Å²) in [6.45, 7) is 17.6. The van der Waals surface area contributed by atoms with Crippen LogP contribution in [-0.4, -0.2) is 150 Å². The molecule has 4 aliphatic carbocycles. The van der Waals surface area contributed by atoms with Gasteiger partial charge in [-0.15, -0.1) is 0 Å². The summed E-state index contributed by atoms with van der Waals surface area (Å²) in [6, 6.07) is 0. The third-order valence-electron chi connectivity index (χ3n) is 17.3. The second kappa shape index (κ2) is 14.5. The lowest BCUT2D eigenvalue weighted by Gasteiger charge is -2.72. The van der Waals surface area contributed by atoms with E-state index in [9.17, 15) is 46.0 Å². The third-order valence-corrected chi connectivity index (χ3v) is 17.3. The maximum absolute atomic E-state index is 12.4. The van der Waals surface area contributed by atoms with E-state index in [4.69, 9.17) is 23.7 Å². The summed E-state index contributed by atoms with van der Waals surface area (Å²) in [5.74, 6) is -0.166. The largest absolute Gasteiger partial charge is 0.394 e. The first kappa shape index (κ1) is 43.5. The fourth-order valence-corrected chi connectivity index (χ4v) is 14.1. The first-order valence-electron chi connectivity index (χ1n) is 21.2. The van der Waals surface area contributed by atoms with Crippen molar-refractivity contribution in [2.45, 2.75) is 211 Å². The quantitative estimate of drug-likeness (QED) is 0.166. The maximum Gasteiger partial charge on any atom is 0.187 e. The molecule has 0 spiro atoms. The molecule has 9 N–H and O–H groups in total. The molecule has 3 saturated heterocycles. The first-order chi connectivity index (χ1) is 25.9. The average molecular weight is 801 g/mol. The van der Waals surface area contributed by atoms with Crippen LogP contribution in [-0.2, 0) is 23.7 Å². The van der Waals surface area contributed by atoms with Crippen LogP contribution in [0.5, 0.6) is 0 Å². The van der Waals surface area contributed by atoms with Gasteiger partial charge in [-0.1, -0.05) is 34.6 Å². The van der Waals surface area contributed by atoms with Gasteiger partial charge >= 0.3 is 0 Å². The number of ether oxygens (including phenoxy) is 5. The third kappa shape index (κ3) is 6.49. The Labute approximate surface area is 331 Å². The number of rotatable bonds is 7. The van der Waals surface area contributed by atoms with Crippen molar-refractivity contribution in [3.8, 4) is 0 Å². The van der Waals surface area contributed by atoms with Crippen molar-refractivity contribution in [3.05, 3.63) is 0 Å². The van der Waals surface area contributed by atoms with E-state index in [0.717, 1.165) is 25.7 Å². The Hall–Kier alpha value is -0.560. The molecule has 7 aliphatic rings. The monoisotopic (exact) mass is 800 g/mol. The van der Waals surface area contributed by atoms with Gasteiger partial charge < -0.3 is 69.6 Å². The van der Waals surface area contributed by atoms with Crippen molar-refractivity contribution >= 4 is 0 Å². The molecule has 56 heavy (non-hydrogen) atoms. The van der Waals surface area contributed by atoms with Gasteiger partial charge in [0.1, 0.15) is 42.7 Å². The molecule has 7 rings (SSSR count). The fraction of sp³-hybridized carbons (Fsp3) is 1.00. The van der Waals surface area contributed by atoms with E-state index in [-0.39, 0.29) is 40.6 Å². The van der Waals surface area contributed by atoms with Crippen LogP contribution in [0.2, 0.25) is 0 Å². The molecule has 0 aromatic carbocycles. The van der Waals surface area contributed by atoms with E-state index in [0.29, 0.717) is 25.7 Å². The minimum atomic E-state index is -1.67. The van der Waals surface area contributed by atoms with Gasteiger partial charge in [0.25, 0.3) is 0 Å². The van der Waals surface area contributed by atoms with Crippen LogP contribution >= 0.6 is 0 Å². The minimum Gasteiger partial charge on any atom is -0.394 e. The zero-order valence-corrected chi connectivity index (χ0v) is 34.8. The van der Waals surface area contributed by atoms with Gasteiger partial charge in [0, 0.05) is 0 Å². The van der Waals surface area contributed by atoms with Gasteiger partial charge in [-0.05, 0) is 124 Å². The lowest BCUT2D eigenvalue weighted by Crippen LogP contribution is -2.71. The molecule has 3 aliphatic heterocycles. The molecule has 22 atom stereocenters. The molecule has 3 heterocycles. The lowest BCUT2D eigenvalue weighted by molar-refractivity contribution is -0.372. The van der Waals surface area contributed by atoms with Crippen LogP contribution in [0.15, 0.2) is 0 Å². The Morgan fingerprint density at radius 1 is 0.732 bits per heavy atom. The standard InChI is InChI=1S/C42H72O14/c1-19-28(46)29(47)31(49)35(52-19)55-33-23(18-43)54-36(32(50)30(33)48)53-22-17-41(8)24(39(6)13-11-25(45)37(2,3)34(22)39)16-21(44)27-20(10-14-40(27,41)7)42(9)15-12-26(56-42)38(4,5)51/h19-36,43-51H,10-18H2,1-9H3/t19-,20-,21+,22-,23+,24+,25-,26+,27-,28-,29+,30+,31+,32+,33+,34-,35-,36+,39+,40+,41+,42-/m0/s1. The van der Waals surface area contributed by atoms with Gasteiger partial charge in [0.15, 0.2) is 12.6 Å². The second-order valence-corrected chi connectivity index (χ2v) is 21.2. The fourth-order valence-electron chi connectivity index (χ4n) is 14.1. The Bertz CT molecular complexity index is 1420. The molecule has 0 unspecified atom stereocenters. The molecule has 0 amide bonds. The molecule has 7 fully saturated rings. The van der Waals surface area contributed by atoms with Crippen molar-refractivity contribution in [1.29, 1.82) is 0 Å². The van der Waals surface area contributed by atoms with Crippen LogP contribution in [0.4, 0.5) is 0 Å². The van der Waals surface area contributed by atoms with Crippen molar-refractivity contribution in [1.82, 2.24) is 0 Å². The molecule has 4 saturated carbocycles. The highest BCUT2D eigenvalue weighted by molar-refractivity contribution is 5.22. The van der Waals surface area contributed by atoms with Crippen LogP contribution in [0.25, 0.3) is 0 Å². The Morgan fingerprint density at radius 3 is 2.00 bits per heavy atom. The van der Waals surface area contributed by atoms with E-state index in [1.165, 1.54) is 6.92 Å². The molecule has 0 aromatic heterocycles. The smallest absolute Gasteiger partial charge is 0.187 e. The first-order valence-corrected chi connectivity index (χ1v) is 21.2. The number of hydrogen-bond acceptors (Lipinski definition) is 14. The maximum atomic E-state index is 12.4. The van der Waals surface area contributed by atoms with Gasteiger partial charge in [0.05, 0.1) is 48.3 Å². The molecule has 14 nitrogen and oxygen atoms in total. The molecule has 0 radical (unpaired) electrons. The molecule has 0 aromatic rings. The van der Waals surface area contributed by atoms with E-state index in [1.807, 2.05) is 0 Å². The molecule has 0 bridgehead atoms. The highest BCUT2D eigenvalue weighted by Crippen LogP contribution is 2.76. The normalized spacial score (nSPS) is 57.3. The van der Waals surface area contributed by atoms with Crippen LogP contribution in [0.3, 0.4) is 0 Å². The number of aliphatic hydroxyl groups excluding tert-OH is 8. The predicted octanol–water partition coefficient (Wildman–Crippen LogP) is 1.36. The van der Waals surface area contributed by atoms with Gasteiger partial charge in [-0.2, -0.15) is 0 Å². The van der Waals surface area contributed by atoms with Crippen molar-refractivity contribution in [3.63, 3.8) is 0 Å². The molecule has 14 heteroatoms. The highest BCUT2D eigenvalue weighted by atomic mass is 16.7. The number of aliphatic hydroxyl groups is 9. The van der Waals surface area contributed by atoms with Crippen molar-refractivity contribution < 1.29 is 69.6 Å². The van der Waals surface area contributed by atoms with E-state index in [1.54, 1.807) is 13.8 Å². The zero-order chi connectivity index (χ0) is 41.3. The predicted molar refractivity (Wildman–Crippen MR) is 200 cm³/mol. The minimum absolute atomic E-state index is 0.0714. The summed E-state index contributed by atoms with van der Waals surface area (Å²) in [5, 5.41) is 99.6. The summed E-state index contributed by atoms with van der Waals surface area (Å²) in [5.41, 5.74) is -3.23. The Kier molecular flexibility index (Phi) is 11.3. The summed E-state index contributed by atoms with van der Waals surface area (Å²) >= 11 is 0.